The van der Waals surface area contributed by atoms with Crippen LogP contribution in [0.5, 0.6) is 0 Å². The first kappa shape index (κ1) is 14.8. The van der Waals surface area contributed by atoms with E-state index in [4.69, 9.17) is 16.7 Å². The molecular formula is C11H9ClN2O4S2. The SMILES string of the molecule is Cc1cnc(Cl)c(NS(=O)(=O)c2cc(C(=O)O)cs2)c1. The van der Waals surface area contributed by atoms with Gasteiger partial charge in [-0.2, -0.15) is 0 Å². The number of hydrogen-bond donors (Lipinski definition) is 2. The molecule has 0 saturated carbocycles. The Bertz CT molecular complexity index is 770. The molecule has 0 radical (unpaired) electrons. The molecule has 2 heterocycles. The van der Waals surface area contributed by atoms with E-state index < -0.39 is 16.0 Å². The van der Waals surface area contributed by atoms with Crippen molar-refractivity contribution in [3.8, 4) is 0 Å². The van der Waals surface area contributed by atoms with Crippen molar-refractivity contribution in [2.45, 2.75) is 11.1 Å². The smallest absolute Gasteiger partial charge is 0.336 e. The number of aryl methyl sites for hydroxylation is 1. The van der Waals surface area contributed by atoms with Crippen LogP contribution in [0.15, 0.2) is 27.9 Å². The summed E-state index contributed by atoms with van der Waals surface area (Å²) in [6.07, 6.45) is 1.51. The van der Waals surface area contributed by atoms with E-state index in [9.17, 15) is 13.2 Å². The fraction of sp³-hybridized carbons (Fsp3) is 0.0909. The van der Waals surface area contributed by atoms with E-state index in [1.165, 1.54) is 11.6 Å². The lowest BCUT2D eigenvalue weighted by Crippen LogP contribution is -2.12. The average Bonchev–Trinajstić information content (AvgIpc) is 2.84. The standard InChI is InChI=1S/C11H9ClN2O4S2/c1-6-2-8(10(12)13-4-6)14-20(17,18)9-3-7(5-19-9)11(15)16/h2-5,14H,1H3,(H,15,16). The molecular weight excluding hydrogens is 324 g/mol. The van der Waals surface area contributed by atoms with Gasteiger partial charge in [0.05, 0.1) is 11.3 Å². The maximum absolute atomic E-state index is 12.1. The van der Waals surface area contributed by atoms with Gasteiger partial charge in [0.25, 0.3) is 10.0 Å². The molecule has 2 rings (SSSR count). The van der Waals surface area contributed by atoms with Gasteiger partial charge in [0.2, 0.25) is 0 Å². The van der Waals surface area contributed by atoms with Crippen LogP contribution in [0.25, 0.3) is 0 Å². The van der Waals surface area contributed by atoms with Gasteiger partial charge in [0.15, 0.2) is 5.15 Å². The van der Waals surface area contributed by atoms with Gasteiger partial charge in [0, 0.05) is 11.6 Å². The van der Waals surface area contributed by atoms with Crippen LogP contribution in [-0.2, 0) is 10.0 Å². The van der Waals surface area contributed by atoms with E-state index >= 15 is 0 Å². The van der Waals surface area contributed by atoms with Crippen LogP contribution in [0.4, 0.5) is 5.69 Å². The lowest BCUT2D eigenvalue weighted by atomic mass is 10.3. The summed E-state index contributed by atoms with van der Waals surface area (Å²) in [4.78, 5) is 14.6. The van der Waals surface area contributed by atoms with Gasteiger partial charge in [-0.3, -0.25) is 4.72 Å². The Morgan fingerprint density at radius 1 is 1.45 bits per heavy atom. The third-order valence-electron chi connectivity index (χ3n) is 2.31. The van der Waals surface area contributed by atoms with Crippen molar-refractivity contribution in [1.29, 1.82) is 0 Å². The number of anilines is 1. The number of halogens is 1. The summed E-state index contributed by atoms with van der Waals surface area (Å²) in [7, 11) is -3.88. The summed E-state index contributed by atoms with van der Waals surface area (Å²) < 4.78 is 26.4. The van der Waals surface area contributed by atoms with Crippen molar-refractivity contribution >= 4 is 44.6 Å². The van der Waals surface area contributed by atoms with Crippen LogP contribution in [0.3, 0.4) is 0 Å². The molecule has 0 aromatic carbocycles. The number of hydrogen-bond acceptors (Lipinski definition) is 5. The fourth-order valence-corrected chi connectivity index (χ4v) is 3.81. The topological polar surface area (TPSA) is 96.4 Å². The molecule has 20 heavy (non-hydrogen) atoms. The molecule has 106 valence electrons. The number of pyridine rings is 1. The number of aromatic nitrogens is 1. The van der Waals surface area contributed by atoms with Gasteiger partial charge in [-0.05, 0) is 24.6 Å². The van der Waals surface area contributed by atoms with Crippen molar-refractivity contribution in [3.05, 3.63) is 40.0 Å². The summed E-state index contributed by atoms with van der Waals surface area (Å²) >= 11 is 6.64. The van der Waals surface area contributed by atoms with Crippen LogP contribution in [0.2, 0.25) is 5.15 Å². The van der Waals surface area contributed by atoms with Gasteiger partial charge in [-0.25, -0.2) is 18.2 Å². The molecule has 2 N–H and O–H groups in total. The Labute approximate surface area is 124 Å². The quantitative estimate of drug-likeness (QED) is 0.839. The lowest BCUT2D eigenvalue weighted by Gasteiger charge is -2.08. The Morgan fingerprint density at radius 2 is 2.15 bits per heavy atom. The monoisotopic (exact) mass is 332 g/mol. The largest absolute Gasteiger partial charge is 0.478 e. The number of nitrogens with one attached hydrogen (secondary N) is 1. The van der Waals surface area contributed by atoms with Crippen molar-refractivity contribution in [2.75, 3.05) is 4.72 Å². The zero-order chi connectivity index (χ0) is 14.9. The second kappa shape index (κ2) is 5.39. The molecule has 0 aliphatic rings. The van der Waals surface area contributed by atoms with E-state index in [1.54, 1.807) is 13.0 Å². The number of aromatic carboxylic acids is 1. The minimum absolute atomic E-state index is 0.0224. The summed E-state index contributed by atoms with van der Waals surface area (Å²) in [5.74, 6) is -1.18. The van der Waals surface area contributed by atoms with Crippen molar-refractivity contribution < 1.29 is 18.3 Å². The molecule has 6 nitrogen and oxygen atoms in total. The predicted octanol–water partition coefficient (Wildman–Crippen LogP) is 2.60. The molecule has 0 saturated heterocycles. The van der Waals surface area contributed by atoms with E-state index in [2.05, 4.69) is 9.71 Å². The molecule has 0 amide bonds. The third kappa shape index (κ3) is 3.09. The molecule has 2 aromatic rings. The second-order valence-electron chi connectivity index (χ2n) is 3.92. The van der Waals surface area contributed by atoms with Gasteiger partial charge in [-0.15, -0.1) is 11.3 Å². The Hall–Kier alpha value is -1.64. The molecule has 0 spiro atoms. The molecule has 0 aliphatic heterocycles. The number of thiophene rings is 1. The third-order valence-corrected chi connectivity index (χ3v) is 5.41. The van der Waals surface area contributed by atoms with Crippen LogP contribution >= 0.6 is 22.9 Å². The van der Waals surface area contributed by atoms with Crippen LogP contribution < -0.4 is 4.72 Å². The number of carboxylic acids is 1. The van der Waals surface area contributed by atoms with Crippen LogP contribution in [-0.4, -0.2) is 24.5 Å². The maximum atomic E-state index is 12.1. The molecule has 0 aliphatic carbocycles. The highest BCUT2D eigenvalue weighted by Crippen LogP contribution is 2.26. The van der Waals surface area contributed by atoms with Crippen molar-refractivity contribution in [1.82, 2.24) is 4.98 Å². The van der Waals surface area contributed by atoms with E-state index in [-0.39, 0.29) is 20.6 Å². The average molecular weight is 333 g/mol. The molecule has 0 atom stereocenters. The Morgan fingerprint density at radius 3 is 2.75 bits per heavy atom. The highest BCUT2D eigenvalue weighted by Gasteiger charge is 2.20. The number of sulfonamides is 1. The van der Waals surface area contributed by atoms with Crippen LogP contribution in [0, 0.1) is 6.92 Å². The molecule has 0 bridgehead atoms. The lowest BCUT2D eigenvalue weighted by molar-refractivity contribution is 0.0697. The Balaban J connectivity index is 2.35. The molecule has 2 aromatic heterocycles. The van der Waals surface area contributed by atoms with Crippen molar-refractivity contribution in [3.63, 3.8) is 0 Å². The number of rotatable bonds is 4. The summed E-state index contributed by atoms with van der Waals surface area (Å²) in [6, 6.07) is 2.63. The van der Waals surface area contributed by atoms with Gasteiger partial charge < -0.3 is 5.11 Å². The minimum Gasteiger partial charge on any atom is -0.478 e. The fourth-order valence-electron chi connectivity index (χ4n) is 1.39. The summed E-state index contributed by atoms with van der Waals surface area (Å²) in [5.41, 5.74) is 0.810. The van der Waals surface area contributed by atoms with Crippen molar-refractivity contribution in [2.24, 2.45) is 0 Å². The normalized spacial score (nSPS) is 11.3. The maximum Gasteiger partial charge on any atom is 0.336 e. The predicted molar refractivity (Wildman–Crippen MR) is 76.1 cm³/mol. The highest BCUT2D eigenvalue weighted by atomic mass is 35.5. The van der Waals surface area contributed by atoms with E-state index in [0.29, 0.717) is 0 Å². The number of carboxylic acid groups (broad SMARTS) is 1. The molecule has 0 fully saturated rings. The van der Waals surface area contributed by atoms with Crippen LogP contribution in [0.1, 0.15) is 15.9 Å². The summed E-state index contributed by atoms with van der Waals surface area (Å²) in [6.45, 7) is 1.74. The van der Waals surface area contributed by atoms with E-state index in [1.807, 2.05) is 0 Å². The first-order chi connectivity index (χ1) is 9.29. The number of carbonyl (C=O) groups is 1. The second-order valence-corrected chi connectivity index (χ2v) is 7.09. The first-order valence-corrected chi connectivity index (χ1v) is 8.00. The number of nitrogens with zero attached hydrogens (tertiary/aromatic N) is 1. The van der Waals surface area contributed by atoms with Gasteiger partial charge in [0.1, 0.15) is 4.21 Å². The van der Waals surface area contributed by atoms with E-state index in [0.717, 1.165) is 23.0 Å². The zero-order valence-corrected chi connectivity index (χ0v) is 12.5. The minimum atomic E-state index is -3.88. The summed E-state index contributed by atoms with van der Waals surface area (Å²) in [5, 5.41) is 10.1. The first-order valence-electron chi connectivity index (χ1n) is 5.26. The Kier molecular flexibility index (Phi) is 3.98. The molecule has 0 unspecified atom stereocenters. The van der Waals surface area contributed by atoms with Gasteiger partial charge >= 0.3 is 5.97 Å². The molecule has 9 heteroatoms. The highest BCUT2D eigenvalue weighted by molar-refractivity contribution is 7.94. The van der Waals surface area contributed by atoms with Gasteiger partial charge in [-0.1, -0.05) is 11.6 Å². The zero-order valence-electron chi connectivity index (χ0n) is 10.1.